The van der Waals surface area contributed by atoms with Gasteiger partial charge in [-0.05, 0) is 53.6 Å². The Bertz CT molecular complexity index is 1500. The fraction of sp³-hybridized carbons (Fsp3) is 0.172. The Labute approximate surface area is 217 Å². The molecule has 3 heterocycles. The molecule has 0 aliphatic carbocycles. The molecular formula is C29H21ClN2O5. The largest absolute Gasteiger partial charge is 0.427 e. The number of fused-ring (bicyclic) bond motifs is 5. The Balaban J connectivity index is 1.45. The van der Waals surface area contributed by atoms with Gasteiger partial charge < -0.3 is 9.64 Å². The number of benzene rings is 3. The molecule has 2 fully saturated rings. The van der Waals surface area contributed by atoms with E-state index in [2.05, 4.69) is 0 Å². The van der Waals surface area contributed by atoms with Crippen LogP contribution in [0.4, 0.5) is 5.69 Å². The van der Waals surface area contributed by atoms with Crippen LogP contribution in [-0.2, 0) is 14.4 Å². The number of hydrogen-bond donors (Lipinski definition) is 0. The van der Waals surface area contributed by atoms with Gasteiger partial charge >= 0.3 is 5.97 Å². The van der Waals surface area contributed by atoms with Gasteiger partial charge in [-0.25, -0.2) is 4.90 Å². The van der Waals surface area contributed by atoms with Gasteiger partial charge in [0.1, 0.15) is 11.8 Å². The Morgan fingerprint density at radius 1 is 0.865 bits per heavy atom. The summed E-state index contributed by atoms with van der Waals surface area (Å²) < 4.78 is 5.08. The summed E-state index contributed by atoms with van der Waals surface area (Å²) in [6, 6.07) is 19.2. The summed E-state index contributed by atoms with van der Waals surface area (Å²) in [5, 5.41) is 0.286. The Hall–Kier alpha value is -4.23. The van der Waals surface area contributed by atoms with Gasteiger partial charge in [-0.1, -0.05) is 48.0 Å². The SMILES string of the molecule is CC(=O)Oc1ccc(C(=O)[C@H]2[C@@H]3C(=O)N(c4ccccc4Cl)C(=O)[C@@H]3[C@H]3c4ccccc4C=CN32)cc1. The van der Waals surface area contributed by atoms with Crippen LogP contribution < -0.4 is 9.64 Å². The van der Waals surface area contributed by atoms with E-state index < -0.39 is 35.8 Å². The summed E-state index contributed by atoms with van der Waals surface area (Å²) in [6.07, 6.45) is 3.71. The van der Waals surface area contributed by atoms with Crippen molar-refractivity contribution in [1.82, 2.24) is 4.90 Å². The van der Waals surface area contributed by atoms with E-state index in [1.807, 2.05) is 41.4 Å². The summed E-state index contributed by atoms with van der Waals surface area (Å²) in [4.78, 5) is 56.0. The summed E-state index contributed by atoms with van der Waals surface area (Å²) >= 11 is 6.39. The molecule has 3 aromatic rings. The third-order valence-electron chi connectivity index (χ3n) is 7.22. The van der Waals surface area contributed by atoms with Crippen molar-refractivity contribution in [3.05, 3.63) is 101 Å². The van der Waals surface area contributed by atoms with Gasteiger partial charge in [-0.3, -0.25) is 19.2 Å². The molecule has 6 rings (SSSR count). The Morgan fingerprint density at radius 3 is 2.27 bits per heavy atom. The van der Waals surface area contributed by atoms with Crippen molar-refractivity contribution in [1.29, 1.82) is 0 Å². The smallest absolute Gasteiger partial charge is 0.308 e. The first-order valence-electron chi connectivity index (χ1n) is 11.9. The number of anilines is 1. The molecule has 3 aliphatic heterocycles. The second kappa shape index (κ2) is 8.71. The second-order valence-electron chi connectivity index (χ2n) is 9.28. The quantitative estimate of drug-likeness (QED) is 0.219. The lowest BCUT2D eigenvalue weighted by Gasteiger charge is -2.35. The van der Waals surface area contributed by atoms with E-state index in [9.17, 15) is 19.2 Å². The number of halogens is 1. The molecule has 3 aromatic carbocycles. The van der Waals surface area contributed by atoms with Crippen LogP contribution in [0.25, 0.3) is 6.08 Å². The monoisotopic (exact) mass is 512 g/mol. The number of Topliss-reactive ketones (excluding diaryl/α,β-unsaturated/α-hetero) is 1. The average molecular weight is 513 g/mol. The number of rotatable bonds is 4. The summed E-state index contributed by atoms with van der Waals surface area (Å²) in [7, 11) is 0. The normalized spacial score (nSPS) is 23.5. The zero-order chi connectivity index (χ0) is 25.8. The lowest BCUT2D eigenvalue weighted by molar-refractivity contribution is -0.132. The molecule has 184 valence electrons. The molecule has 2 amide bonds. The number of ketones is 1. The maximum Gasteiger partial charge on any atom is 0.308 e. The van der Waals surface area contributed by atoms with Gasteiger partial charge in [0.25, 0.3) is 0 Å². The second-order valence-corrected chi connectivity index (χ2v) is 9.69. The third-order valence-corrected chi connectivity index (χ3v) is 7.54. The van der Waals surface area contributed by atoms with Crippen LogP contribution in [0.5, 0.6) is 5.75 Å². The highest BCUT2D eigenvalue weighted by Crippen LogP contribution is 2.54. The van der Waals surface area contributed by atoms with Gasteiger partial charge in [-0.2, -0.15) is 0 Å². The first-order valence-corrected chi connectivity index (χ1v) is 12.2. The van der Waals surface area contributed by atoms with Crippen LogP contribution in [-0.4, -0.2) is 34.5 Å². The van der Waals surface area contributed by atoms with Gasteiger partial charge in [0, 0.05) is 18.7 Å². The fourth-order valence-electron chi connectivity index (χ4n) is 5.75. The zero-order valence-electron chi connectivity index (χ0n) is 19.7. The molecule has 8 heteroatoms. The molecule has 37 heavy (non-hydrogen) atoms. The molecule has 3 aliphatic rings. The van der Waals surface area contributed by atoms with Crippen molar-refractivity contribution in [2.24, 2.45) is 11.8 Å². The molecule has 7 nitrogen and oxygen atoms in total. The van der Waals surface area contributed by atoms with Gasteiger partial charge in [0.15, 0.2) is 5.78 Å². The summed E-state index contributed by atoms with van der Waals surface area (Å²) in [5.74, 6) is -2.92. The summed E-state index contributed by atoms with van der Waals surface area (Å²) in [5.41, 5.74) is 2.50. The molecule has 0 bridgehead atoms. The molecule has 0 unspecified atom stereocenters. The van der Waals surface area contributed by atoms with E-state index in [0.717, 1.165) is 16.0 Å². The van der Waals surface area contributed by atoms with Crippen LogP contribution in [0, 0.1) is 11.8 Å². The van der Waals surface area contributed by atoms with Crippen molar-refractivity contribution >= 4 is 46.9 Å². The molecule has 0 radical (unpaired) electrons. The Morgan fingerprint density at radius 2 is 1.54 bits per heavy atom. The van der Waals surface area contributed by atoms with Crippen LogP contribution in [0.3, 0.4) is 0 Å². The van der Waals surface area contributed by atoms with Crippen LogP contribution in [0.2, 0.25) is 5.02 Å². The van der Waals surface area contributed by atoms with Crippen LogP contribution >= 0.6 is 11.6 Å². The molecule has 0 N–H and O–H groups in total. The lowest BCUT2D eigenvalue weighted by atomic mass is 9.83. The maximum absolute atomic E-state index is 14.0. The van der Waals surface area contributed by atoms with Crippen LogP contribution in [0.1, 0.15) is 34.5 Å². The van der Waals surface area contributed by atoms with Crippen molar-refractivity contribution in [2.45, 2.75) is 19.0 Å². The predicted octanol–water partition coefficient (Wildman–Crippen LogP) is 4.66. The standard InChI is InChI=1S/C29H21ClN2O5/c1-16(33)37-19-12-10-18(11-13-19)27(34)26-24-23(25-20-7-3-2-6-17(20)14-15-31(25)26)28(35)32(29(24)36)22-9-5-4-8-21(22)30/h2-15,23-26H,1H3/t23-,24+,25+,26+/m0/s1. The number of hydrogen-bond acceptors (Lipinski definition) is 6. The first-order chi connectivity index (χ1) is 17.9. The minimum Gasteiger partial charge on any atom is -0.427 e. The summed E-state index contributed by atoms with van der Waals surface area (Å²) in [6.45, 7) is 1.30. The number of amides is 2. The number of ether oxygens (including phenoxy) is 1. The topological polar surface area (TPSA) is 84.0 Å². The third kappa shape index (κ3) is 3.57. The number of nitrogens with zero attached hydrogens (tertiary/aromatic N) is 2. The van der Waals surface area contributed by atoms with E-state index in [-0.39, 0.29) is 16.7 Å². The molecule has 2 saturated heterocycles. The van der Waals surface area contributed by atoms with Gasteiger partial charge in [0.2, 0.25) is 11.8 Å². The van der Waals surface area contributed by atoms with Crippen molar-refractivity contribution in [2.75, 3.05) is 4.90 Å². The highest BCUT2D eigenvalue weighted by molar-refractivity contribution is 6.36. The van der Waals surface area contributed by atoms with Crippen molar-refractivity contribution in [3.8, 4) is 5.75 Å². The molecule has 4 atom stereocenters. The fourth-order valence-corrected chi connectivity index (χ4v) is 5.97. The van der Waals surface area contributed by atoms with E-state index in [0.29, 0.717) is 17.0 Å². The molecule has 0 aromatic heterocycles. The molecule has 0 spiro atoms. The number of para-hydroxylation sites is 1. The molecular weight excluding hydrogens is 492 g/mol. The van der Waals surface area contributed by atoms with E-state index in [1.54, 1.807) is 36.4 Å². The minimum absolute atomic E-state index is 0.286. The van der Waals surface area contributed by atoms with E-state index in [1.165, 1.54) is 19.1 Å². The van der Waals surface area contributed by atoms with E-state index in [4.69, 9.17) is 16.3 Å². The number of imide groups is 1. The van der Waals surface area contributed by atoms with Crippen LogP contribution in [0.15, 0.2) is 79.0 Å². The van der Waals surface area contributed by atoms with Gasteiger partial charge in [0.05, 0.1) is 28.6 Å². The zero-order valence-corrected chi connectivity index (χ0v) is 20.5. The lowest BCUT2D eigenvalue weighted by Crippen LogP contribution is -2.44. The van der Waals surface area contributed by atoms with Crippen molar-refractivity contribution < 1.29 is 23.9 Å². The predicted molar refractivity (Wildman–Crippen MR) is 137 cm³/mol. The minimum atomic E-state index is -0.900. The number of carbonyl (C=O) groups is 4. The number of esters is 1. The highest BCUT2D eigenvalue weighted by Gasteiger charge is 2.64. The van der Waals surface area contributed by atoms with Crippen molar-refractivity contribution in [3.63, 3.8) is 0 Å². The number of carbonyl (C=O) groups excluding carboxylic acids is 4. The molecule has 0 saturated carbocycles. The van der Waals surface area contributed by atoms with E-state index >= 15 is 0 Å². The average Bonchev–Trinajstić information content (AvgIpc) is 3.37. The maximum atomic E-state index is 14.0. The first kappa shape index (κ1) is 23.2. The Kier molecular flexibility index (Phi) is 5.46. The highest BCUT2D eigenvalue weighted by atomic mass is 35.5. The van der Waals surface area contributed by atoms with Gasteiger partial charge in [-0.15, -0.1) is 0 Å².